The molecule has 0 radical (unpaired) electrons. The van der Waals surface area contributed by atoms with Crippen LogP contribution in [0.3, 0.4) is 0 Å². The second-order valence-electron chi connectivity index (χ2n) is 3.59. The fraction of sp³-hybridized carbons (Fsp3) is 0.0833. The zero-order valence-corrected chi connectivity index (χ0v) is 11.3. The van der Waals surface area contributed by atoms with Crippen molar-refractivity contribution in [1.29, 1.82) is 0 Å². The topological polar surface area (TPSA) is 50.9 Å². The highest BCUT2D eigenvalue weighted by atomic mass is 79.9. The molecule has 0 atom stereocenters. The molecule has 0 aliphatic carbocycles. The maximum Gasteiger partial charge on any atom is 0.133 e. The Balaban J connectivity index is 2.04. The van der Waals surface area contributed by atoms with Crippen molar-refractivity contribution < 1.29 is 0 Å². The molecular formula is C12H11BrClN3. The summed E-state index contributed by atoms with van der Waals surface area (Å²) in [7, 11) is 0. The molecule has 2 rings (SSSR count). The molecule has 1 aromatic carbocycles. The summed E-state index contributed by atoms with van der Waals surface area (Å²) in [5.41, 5.74) is 7.44. The van der Waals surface area contributed by atoms with E-state index in [-0.39, 0.29) is 0 Å². The zero-order valence-electron chi connectivity index (χ0n) is 8.95. The minimum absolute atomic E-state index is 0.392. The van der Waals surface area contributed by atoms with Crippen molar-refractivity contribution >= 4 is 39.0 Å². The quantitative estimate of drug-likeness (QED) is 0.850. The number of nitrogens with one attached hydrogen (secondary N) is 1. The van der Waals surface area contributed by atoms with Crippen LogP contribution in [-0.2, 0) is 6.54 Å². The van der Waals surface area contributed by atoms with Gasteiger partial charge in [0, 0.05) is 22.8 Å². The molecule has 0 aliphatic heterocycles. The van der Waals surface area contributed by atoms with Crippen molar-refractivity contribution in [2.24, 2.45) is 0 Å². The second kappa shape index (κ2) is 5.38. The number of hydrogen-bond donors (Lipinski definition) is 2. The second-order valence-corrected chi connectivity index (χ2v) is 4.89. The van der Waals surface area contributed by atoms with Crippen LogP contribution in [0.2, 0.25) is 5.15 Å². The SMILES string of the molecule is Nc1cc(Cl)nc(NCc2ccc(Br)cc2)c1. The molecule has 0 aliphatic rings. The molecule has 88 valence electrons. The monoisotopic (exact) mass is 311 g/mol. The van der Waals surface area contributed by atoms with E-state index in [1.54, 1.807) is 12.1 Å². The van der Waals surface area contributed by atoms with Crippen molar-refractivity contribution in [2.75, 3.05) is 11.1 Å². The average molecular weight is 313 g/mol. The Hall–Kier alpha value is -1.26. The van der Waals surface area contributed by atoms with E-state index in [4.69, 9.17) is 17.3 Å². The molecule has 5 heteroatoms. The first-order valence-corrected chi connectivity index (χ1v) is 6.22. The smallest absolute Gasteiger partial charge is 0.133 e. The predicted octanol–water partition coefficient (Wildman–Crippen LogP) is 3.69. The van der Waals surface area contributed by atoms with E-state index < -0.39 is 0 Å². The largest absolute Gasteiger partial charge is 0.399 e. The molecular weight excluding hydrogens is 302 g/mol. The first kappa shape index (κ1) is 12.2. The van der Waals surface area contributed by atoms with E-state index >= 15 is 0 Å². The third-order valence-corrected chi connectivity index (χ3v) is 2.93. The van der Waals surface area contributed by atoms with Gasteiger partial charge in [-0.3, -0.25) is 0 Å². The maximum atomic E-state index is 5.82. The van der Waals surface area contributed by atoms with Crippen LogP contribution < -0.4 is 11.1 Å². The van der Waals surface area contributed by atoms with E-state index in [0.29, 0.717) is 23.2 Å². The van der Waals surface area contributed by atoms with Crippen LogP contribution in [-0.4, -0.2) is 4.98 Å². The van der Waals surface area contributed by atoms with Gasteiger partial charge in [0.15, 0.2) is 0 Å². The highest BCUT2D eigenvalue weighted by Gasteiger charge is 1.99. The van der Waals surface area contributed by atoms with Gasteiger partial charge in [-0.05, 0) is 23.8 Å². The van der Waals surface area contributed by atoms with Gasteiger partial charge < -0.3 is 11.1 Å². The molecule has 0 amide bonds. The number of pyridine rings is 1. The standard InChI is InChI=1S/C12H11BrClN3/c13-9-3-1-8(2-4-9)7-16-12-6-10(15)5-11(14)17-12/h1-6H,7H2,(H3,15,16,17). The minimum atomic E-state index is 0.392. The van der Waals surface area contributed by atoms with Crippen LogP contribution >= 0.6 is 27.5 Å². The molecule has 0 bridgehead atoms. The first-order valence-electron chi connectivity index (χ1n) is 5.05. The molecule has 3 N–H and O–H groups in total. The van der Waals surface area contributed by atoms with Gasteiger partial charge in [-0.2, -0.15) is 0 Å². The lowest BCUT2D eigenvalue weighted by atomic mass is 10.2. The summed E-state index contributed by atoms with van der Waals surface area (Å²) < 4.78 is 1.06. The third kappa shape index (κ3) is 3.61. The van der Waals surface area contributed by atoms with Gasteiger partial charge in [0.25, 0.3) is 0 Å². The molecule has 1 aromatic heterocycles. The number of halogens is 2. The number of hydrogen-bond acceptors (Lipinski definition) is 3. The van der Waals surface area contributed by atoms with Crippen LogP contribution in [0.4, 0.5) is 11.5 Å². The summed E-state index contributed by atoms with van der Waals surface area (Å²) in [6, 6.07) is 11.4. The lowest BCUT2D eigenvalue weighted by Gasteiger charge is -2.07. The van der Waals surface area contributed by atoms with E-state index in [9.17, 15) is 0 Å². The fourth-order valence-corrected chi connectivity index (χ4v) is 1.88. The Kier molecular flexibility index (Phi) is 3.86. The average Bonchev–Trinajstić information content (AvgIpc) is 2.27. The van der Waals surface area contributed by atoms with E-state index in [2.05, 4.69) is 26.2 Å². The Morgan fingerprint density at radius 2 is 1.94 bits per heavy atom. The molecule has 0 unspecified atom stereocenters. The number of benzene rings is 1. The molecule has 0 saturated carbocycles. The summed E-state index contributed by atoms with van der Waals surface area (Å²) >= 11 is 9.21. The number of rotatable bonds is 3. The van der Waals surface area contributed by atoms with Crippen LogP contribution in [0.25, 0.3) is 0 Å². The van der Waals surface area contributed by atoms with Gasteiger partial charge in [0.05, 0.1) is 0 Å². The van der Waals surface area contributed by atoms with Crippen molar-refractivity contribution in [3.05, 3.63) is 51.6 Å². The molecule has 0 fully saturated rings. The molecule has 2 aromatic rings. The lowest BCUT2D eigenvalue weighted by Crippen LogP contribution is -2.02. The number of nitrogens with two attached hydrogens (primary N) is 1. The number of anilines is 2. The van der Waals surface area contributed by atoms with Gasteiger partial charge in [-0.1, -0.05) is 39.7 Å². The van der Waals surface area contributed by atoms with Gasteiger partial charge in [-0.15, -0.1) is 0 Å². The number of nitrogen functional groups attached to an aromatic ring is 1. The highest BCUT2D eigenvalue weighted by Crippen LogP contribution is 2.17. The van der Waals surface area contributed by atoms with Crippen molar-refractivity contribution in [1.82, 2.24) is 4.98 Å². The molecule has 3 nitrogen and oxygen atoms in total. The van der Waals surface area contributed by atoms with Crippen molar-refractivity contribution in [3.8, 4) is 0 Å². The summed E-state index contributed by atoms with van der Waals surface area (Å²) in [4.78, 5) is 4.13. The number of aromatic nitrogens is 1. The van der Waals surface area contributed by atoms with Crippen molar-refractivity contribution in [2.45, 2.75) is 6.54 Å². The van der Waals surface area contributed by atoms with Crippen LogP contribution in [0, 0.1) is 0 Å². The maximum absolute atomic E-state index is 5.82. The normalized spacial score (nSPS) is 10.2. The van der Waals surface area contributed by atoms with E-state index in [1.165, 1.54) is 0 Å². The molecule has 0 saturated heterocycles. The van der Waals surface area contributed by atoms with Gasteiger partial charge in [0.2, 0.25) is 0 Å². The first-order chi connectivity index (χ1) is 8.13. The Labute approximate surface area is 113 Å². The van der Waals surface area contributed by atoms with E-state index in [1.807, 2.05) is 24.3 Å². The summed E-state index contributed by atoms with van der Waals surface area (Å²) in [5.74, 6) is 0.679. The van der Waals surface area contributed by atoms with Gasteiger partial charge in [0.1, 0.15) is 11.0 Å². The minimum Gasteiger partial charge on any atom is -0.399 e. The lowest BCUT2D eigenvalue weighted by molar-refractivity contribution is 1.11. The van der Waals surface area contributed by atoms with E-state index in [0.717, 1.165) is 10.0 Å². The highest BCUT2D eigenvalue weighted by molar-refractivity contribution is 9.10. The molecule has 17 heavy (non-hydrogen) atoms. The Bertz CT molecular complexity index is 493. The fourth-order valence-electron chi connectivity index (χ4n) is 1.40. The molecule has 0 spiro atoms. The van der Waals surface area contributed by atoms with Gasteiger partial charge >= 0.3 is 0 Å². The summed E-state index contributed by atoms with van der Waals surface area (Å²) in [6.45, 7) is 0.681. The number of nitrogens with zero attached hydrogens (tertiary/aromatic N) is 1. The summed E-state index contributed by atoms with van der Waals surface area (Å²) in [5, 5.41) is 3.56. The van der Waals surface area contributed by atoms with Gasteiger partial charge in [-0.25, -0.2) is 4.98 Å². The Morgan fingerprint density at radius 3 is 2.59 bits per heavy atom. The molecule has 1 heterocycles. The van der Waals surface area contributed by atoms with Crippen LogP contribution in [0.15, 0.2) is 40.9 Å². The Morgan fingerprint density at radius 1 is 1.24 bits per heavy atom. The van der Waals surface area contributed by atoms with Crippen molar-refractivity contribution in [3.63, 3.8) is 0 Å². The van der Waals surface area contributed by atoms with Crippen LogP contribution in [0.1, 0.15) is 5.56 Å². The predicted molar refractivity (Wildman–Crippen MR) is 75.1 cm³/mol. The zero-order chi connectivity index (χ0) is 12.3. The third-order valence-electron chi connectivity index (χ3n) is 2.20. The van der Waals surface area contributed by atoms with Crippen LogP contribution in [0.5, 0.6) is 0 Å². The summed E-state index contributed by atoms with van der Waals surface area (Å²) in [6.07, 6.45) is 0.